The Labute approximate surface area is 177 Å². The normalized spacial score (nSPS) is 21.1. The fourth-order valence-corrected chi connectivity index (χ4v) is 4.31. The predicted octanol–water partition coefficient (Wildman–Crippen LogP) is 5.96. The van der Waals surface area contributed by atoms with Crippen molar-refractivity contribution in [2.75, 3.05) is 0 Å². The Bertz CT molecular complexity index is 1100. The van der Waals surface area contributed by atoms with Gasteiger partial charge in [-0.2, -0.15) is 0 Å². The smallest absolute Gasteiger partial charge is 0.329 e. The van der Waals surface area contributed by atoms with Crippen molar-refractivity contribution in [1.29, 1.82) is 0 Å². The molecule has 3 unspecified atom stereocenters. The van der Waals surface area contributed by atoms with Gasteiger partial charge in [-0.05, 0) is 34.9 Å². The average Bonchev–Trinajstić information content (AvgIpc) is 3.11. The molecule has 3 atom stereocenters. The van der Waals surface area contributed by atoms with Gasteiger partial charge in [-0.3, -0.25) is 4.99 Å². The van der Waals surface area contributed by atoms with Gasteiger partial charge in [0.2, 0.25) is 0 Å². The molecule has 0 radical (unpaired) electrons. The molecule has 0 spiro atoms. The number of carbonyl (C=O) groups is 1. The maximum absolute atomic E-state index is 15.1. The van der Waals surface area contributed by atoms with Crippen LogP contribution in [0.1, 0.15) is 28.5 Å². The molecule has 29 heavy (non-hydrogen) atoms. The zero-order chi connectivity index (χ0) is 20.5. The molecule has 0 fully saturated rings. The first-order chi connectivity index (χ1) is 14.0. The van der Waals surface area contributed by atoms with Gasteiger partial charge in [-0.1, -0.05) is 77.8 Å². The second-order valence-electron chi connectivity index (χ2n) is 6.86. The van der Waals surface area contributed by atoms with Gasteiger partial charge in [0, 0.05) is 16.9 Å². The van der Waals surface area contributed by atoms with Crippen molar-refractivity contribution in [3.05, 3.63) is 105 Å². The van der Waals surface area contributed by atoms with E-state index in [0.29, 0.717) is 21.9 Å². The number of nitrogens with zero attached hydrogens (tertiary/aromatic N) is 1. The first kappa shape index (κ1) is 19.6. The minimum absolute atomic E-state index is 0.0152. The summed E-state index contributed by atoms with van der Waals surface area (Å²) in [5.74, 6) is -2.90. The van der Waals surface area contributed by atoms with E-state index in [4.69, 9.17) is 23.2 Å². The molecule has 3 aromatic carbocycles. The number of rotatable bonds is 4. The van der Waals surface area contributed by atoms with Gasteiger partial charge in [0.1, 0.15) is 5.82 Å². The van der Waals surface area contributed by atoms with E-state index in [9.17, 15) is 9.90 Å². The zero-order valence-corrected chi connectivity index (χ0v) is 16.6. The molecule has 3 aromatic rings. The third-order valence-corrected chi connectivity index (χ3v) is 5.67. The molecule has 0 amide bonds. The monoisotopic (exact) mass is 427 g/mol. The van der Waals surface area contributed by atoms with Crippen LogP contribution in [0.25, 0.3) is 0 Å². The quantitative estimate of drug-likeness (QED) is 0.558. The molecular weight excluding hydrogens is 412 g/mol. The Morgan fingerprint density at radius 2 is 1.69 bits per heavy atom. The van der Waals surface area contributed by atoms with Crippen molar-refractivity contribution in [2.24, 2.45) is 4.99 Å². The van der Waals surface area contributed by atoms with Gasteiger partial charge in [0.05, 0.1) is 10.7 Å². The Kier molecular flexibility index (Phi) is 5.39. The third-order valence-electron chi connectivity index (χ3n) is 5.14. The molecule has 0 saturated heterocycles. The highest BCUT2D eigenvalue weighted by molar-refractivity contribution is 6.31. The van der Waals surface area contributed by atoms with Crippen molar-refractivity contribution in [3.63, 3.8) is 0 Å². The molecule has 1 aliphatic heterocycles. The molecule has 0 saturated carbocycles. The van der Waals surface area contributed by atoms with Crippen LogP contribution in [0.3, 0.4) is 0 Å². The summed E-state index contributed by atoms with van der Waals surface area (Å²) in [6.07, 6.45) is 0. The van der Waals surface area contributed by atoms with Crippen molar-refractivity contribution >= 4 is 34.9 Å². The highest BCUT2D eigenvalue weighted by Crippen LogP contribution is 2.46. The summed E-state index contributed by atoms with van der Waals surface area (Å²) in [5.41, 5.74) is 2.26. The molecule has 1 N–H and O–H groups in total. The van der Waals surface area contributed by atoms with E-state index in [2.05, 4.69) is 4.99 Å². The number of halogens is 3. The van der Waals surface area contributed by atoms with Crippen molar-refractivity contribution < 1.29 is 14.3 Å². The van der Waals surface area contributed by atoms with Crippen LogP contribution in [-0.2, 0) is 4.79 Å². The average molecular weight is 428 g/mol. The fraction of sp³-hybridized carbons (Fsp3) is 0.130. The predicted molar refractivity (Wildman–Crippen MR) is 113 cm³/mol. The summed E-state index contributed by atoms with van der Waals surface area (Å²) in [6.45, 7) is 0. The summed E-state index contributed by atoms with van der Waals surface area (Å²) in [5, 5.41) is 10.4. The number of carboxylic acids is 1. The minimum Gasteiger partial charge on any atom is -0.480 e. The third kappa shape index (κ3) is 3.66. The topological polar surface area (TPSA) is 49.7 Å². The molecule has 4 rings (SSSR count). The highest BCUT2D eigenvalue weighted by Gasteiger charge is 2.45. The van der Waals surface area contributed by atoms with Crippen molar-refractivity contribution in [3.8, 4) is 0 Å². The summed E-state index contributed by atoms with van der Waals surface area (Å²) >= 11 is 12.2. The molecule has 1 heterocycles. The van der Waals surface area contributed by atoms with Gasteiger partial charge < -0.3 is 5.11 Å². The molecule has 3 nitrogen and oxygen atoms in total. The number of aliphatic imine (C=N–C) groups is 1. The Hall–Kier alpha value is -2.69. The fourth-order valence-electron chi connectivity index (χ4n) is 3.92. The zero-order valence-electron chi connectivity index (χ0n) is 15.1. The molecular formula is C23H16Cl2FNO2. The molecule has 146 valence electrons. The molecule has 1 aliphatic rings. The van der Waals surface area contributed by atoms with Crippen LogP contribution in [0.5, 0.6) is 0 Å². The molecule has 0 bridgehead atoms. The van der Waals surface area contributed by atoms with Crippen LogP contribution in [0.15, 0.2) is 77.8 Å². The summed E-state index contributed by atoms with van der Waals surface area (Å²) < 4.78 is 15.1. The van der Waals surface area contributed by atoms with Gasteiger partial charge >= 0.3 is 5.97 Å². The van der Waals surface area contributed by atoms with Gasteiger partial charge in [0.25, 0.3) is 0 Å². The second kappa shape index (κ2) is 7.97. The van der Waals surface area contributed by atoms with E-state index in [-0.39, 0.29) is 5.02 Å². The maximum Gasteiger partial charge on any atom is 0.329 e. The second-order valence-corrected chi connectivity index (χ2v) is 7.71. The van der Waals surface area contributed by atoms with Gasteiger partial charge in [-0.15, -0.1) is 0 Å². The van der Waals surface area contributed by atoms with E-state index in [1.165, 1.54) is 6.07 Å². The van der Waals surface area contributed by atoms with E-state index in [1.54, 1.807) is 36.4 Å². The van der Waals surface area contributed by atoms with Crippen LogP contribution in [-0.4, -0.2) is 22.8 Å². The van der Waals surface area contributed by atoms with Crippen molar-refractivity contribution in [2.45, 2.75) is 17.9 Å². The molecule has 6 heteroatoms. The largest absolute Gasteiger partial charge is 0.480 e. The Balaban J connectivity index is 1.96. The number of benzene rings is 3. The maximum atomic E-state index is 15.1. The Morgan fingerprint density at radius 3 is 2.38 bits per heavy atom. The van der Waals surface area contributed by atoms with Gasteiger partial charge in [-0.25, -0.2) is 9.18 Å². The first-order valence-electron chi connectivity index (χ1n) is 9.02. The lowest BCUT2D eigenvalue weighted by Gasteiger charge is -2.25. The van der Waals surface area contributed by atoms with Crippen molar-refractivity contribution in [1.82, 2.24) is 0 Å². The number of hydrogen-bond donors (Lipinski definition) is 1. The van der Waals surface area contributed by atoms with E-state index in [1.807, 2.05) is 30.3 Å². The molecule has 0 aromatic heterocycles. The lowest BCUT2D eigenvalue weighted by Crippen LogP contribution is -2.27. The number of carboxylic acid groups (broad SMARTS) is 1. The van der Waals surface area contributed by atoms with E-state index >= 15 is 4.39 Å². The number of hydrogen-bond acceptors (Lipinski definition) is 2. The van der Waals surface area contributed by atoms with Gasteiger partial charge in [0.15, 0.2) is 6.04 Å². The molecule has 0 aliphatic carbocycles. The lowest BCUT2D eigenvalue weighted by molar-refractivity contribution is -0.138. The summed E-state index contributed by atoms with van der Waals surface area (Å²) in [6, 6.07) is 19.9. The Morgan fingerprint density at radius 1 is 0.966 bits per heavy atom. The number of aliphatic carboxylic acids is 1. The van der Waals surface area contributed by atoms with E-state index in [0.717, 1.165) is 5.56 Å². The first-order valence-corrected chi connectivity index (χ1v) is 9.78. The van der Waals surface area contributed by atoms with Crippen LogP contribution >= 0.6 is 23.2 Å². The lowest BCUT2D eigenvalue weighted by atomic mass is 9.76. The van der Waals surface area contributed by atoms with Crippen LogP contribution in [0.2, 0.25) is 10.0 Å². The highest BCUT2D eigenvalue weighted by atomic mass is 35.5. The van der Waals surface area contributed by atoms with Crippen LogP contribution in [0.4, 0.5) is 4.39 Å². The minimum atomic E-state index is -1.08. The summed E-state index contributed by atoms with van der Waals surface area (Å²) in [7, 11) is 0. The van der Waals surface area contributed by atoms with Crippen LogP contribution in [0, 0.1) is 5.82 Å². The van der Waals surface area contributed by atoms with Crippen LogP contribution < -0.4 is 0 Å². The summed E-state index contributed by atoms with van der Waals surface area (Å²) in [4.78, 5) is 16.7. The SMILES string of the molecule is O=C(O)C1N=C(c2ccccc2)C(c2cccc(Cl)c2F)C1c1cccc(Cl)c1. The van der Waals surface area contributed by atoms with E-state index < -0.39 is 29.7 Å². The standard InChI is InChI=1S/C23H16Cl2FNO2/c24-15-9-4-8-14(12-15)18-19(16-10-5-11-17(25)20(16)26)21(27-22(18)23(28)29)13-6-2-1-3-7-13/h1-12,18-19,22H,(H,28,29).